The molecule has 0 saturated heterocycles. The molecule has 29 heavy (non-hydrogen) atoms. The number of carbonyl (C=O) groups is 1. The van der Waals surface area contributed by atoms with Gasteiger partial charge in [0.2, 0.25) is 11.8 Å². The summed E-state index contributed by atoms with van der Waals surface area (Å²) in [5.74, 6) is 0.703. The summed E-state index contributed by atoms with van der Waals surface area (Å²) in [4.78, 5) is 33.3. The molecule has 0 aliphatic heterocycles. The molecule has 0 saturated carbocycles. The Labute approximate surface area is 171 Å². The first-order valence-electron chi connectivity index (χ1n) is 8.76. The Bertz CT molecular complexity index is 1190. The summed E-state index contributed by atoms with van der Waals surface area (Å²) in [5, 5.41) is 4.45. The van der Waals surface area contributed by atoms with E-state index < -0.39 is 0 Å². The third kappa shape index (κ3) is 4.33. The van der Waals surface area contributed by atoms with Crippen LogP contribution in [0.3, 0.4) is 0 Å². The first-order valence-corrected chi connectivity index (χ1v) is 9.64. The predicted molar refractivity (Wildman–Crippen MR) is 115 cm³/mol. The number of pyridine rings is 1. The molecule has 3 rings (SSSR count). The van der Waals surface area contributed by atoms with E-state index in [9.17, 15) is 9.59 Å². The largest absolute Gasteiger partial charge is 0.481 e. The predicted octanol–water partition coefficient (Wildman–Crippen LogP) is 3.46. The first-order chi connectivity index (χ1) is 13.9. The van der Waals surface area contributed by atoms with E-state index in [-0.39, 0.29) is 11.5 Å². The summed E-state index contributed by atoms with van der Waals surface area (Å²) < 4.78 is 7.19. The van der Waals surface area contributed by atoms with Crippen LogP contribution in [0.1, 0.15) is 19.7 Å². The number of carbonyl (C=O) groups excluding carboxylic acids is 1. The summed E-state index contributed by atoms with van der Waals surface area (Å²) in [5.41, 5.74) is 2.15. The molecule has 8 heteroatoms. The van der Waals surface area contributed by atoms with Gasteiger partial charge in [0.1, 0.15) is 10.5 Å². The van der Waals surface area contributed by atoms with Crippen LogP contribution in [0.5, 0.6) is 5.88 Å². The van der Waals surface area contributed by atoms with Crippen LogP contribution in [-0.2, 0) is 4.79 Å². The standard InChI is InChI=1S/C21H20N4O3S/c1-5-15(7-6-13(2)23-14(3)26)20-24-17-10-11-29-19(17)21(27)25(20)16-8-9-18(28-4)22-12-16/h5-12H,2H2,1,3-4H3,(H,23,26)/b7-6-,15-5+. The zero-order chi connectivity index (χ0) is 21.0. The molecule has 1 amide bonds. The van der Waals surface area contributed by atoms with Gasteiger partial charge in [-0.1, -0.05) is 12.7 Å². The van der Waals surface area contributed by atoms with Crippen LogP contribution in [0.25, 0.3) is 21.5 Å². The highest BCUT2D eigenvalue weighted by Crippen LogP contribution is 2.23. The Balaban J connectivity index is 2.17. The number of thiophene rings is 1. The van der Waals surface area contributed by atoms with Crippen molar-refractivity contribution in [2.75, 3.05) is 7.11 Å². The van der Waals surface area contributed by atoms with Gasteiger partial charge in [0.15, 0.2) is 0 Å². The molecule has 1 N–H and O–H groups in total. The summed E-state index contributed by atoms with van der Waals surface area (Å²) in [6.07, 6.45) is 6.83. The second-order valence-corrected chi connectivity index (χ2v) is 6.97. The molecular weight excluding hydrogens is 388 g/mol. The van der Waals surface area contributed by atoms with Gasteiger partial charge in [0.25, 0.3) is 5.56 Å². The molecule has 0 spiro atoms. The fraction of sp³-hybridized carbons (Fsp3) is 0.143. The summed E-state index contributed by atoms with van der Waals surface area (Å²) in [6, 6.07) is 5.26. The maximum absolute atomic E-state index is 13.2. The van der Waals surface area contributed by atoms with Crippen molar-refractivity contribution in [1.29, 1.82) is 0 Å². The quantitative estimate of drug-likeness (QED) is 0.631. The molecule has 0 aliphatic rings. The van der Waals surface area contributed by atoms with E-state index in [2.05, 4.69) is 16.9 Å². The van der Waals surface area contributed by atoms with E-state index >= 15 is 0 Å². The number of fused-ring (bicyclic) bond motifs is 1. The smallest absolute Gasteiger partial charge is 0.276 e. The van der Waals surface area contributed by atoms with Gasteiger partial charge in [-0.3, -0.25) is 14.2 Å². The van der Waals surface area contributed by atoms with Gasteiger partial charge in [-0.25, -0.2) is 9.97 Å². The highest BCUT2D eigenvalue weighted by molar-refractivity contribution is 7.17. The van der Waals surface area contributed by atoms with Gasteiger partial charge in [-0.15, -0.1) is 11.3 Å². The molecule has 3 aromatic heterocycles. The van der Waals surface area contributed by atoms with E-state index in [0.717, 1.165) is 0 Å². The molecule has 0 fully saturated rings. The Hall–Kier alpha value is -3.52. The average Bonchev–Trinajstić information content (AvgIpc) is 3.17. The molecule has 0 radical (unpaired) electrons. The SMILES string of the molecule is C=C(/C=C\C(=C/C)c1nc2ccsc2c(=O)n1-c1ccc(OC)nc1)NC(C)=O. The van der Waals surface area contributed by atoms with Gasteiger partial charge in [-0.2, -0.15) is 0 Å². The number of aromatic nitrogens is 3. The van der Waals surface area contributed by atoms with Crippen LogP contribution in [-0.4, -0.2) is 27.6 Å². The van der Waals surface area contributed by atoms with Crippen LogP contribution in [0.15, 0.2) is 65.1 Å². The second kappa shape index (κ2) is 8.66. The third-order valence-electron chi connectivity index (χ3n) is 4.04. The van der Waals surface area contributed by atoms with Gasteiger partial charge >= 0.3 is 0 Å². The lowest BCUT2D eigenvalue weighted by Gasteiger charge is -2.13. The highest BCUT2D eigenvalue weighted by atomic mass is 32.1. The molecule has 7 nitrogen and oxygen atoms in total. The van der Waals surface area contributed by atoms with E-state index in [1.807, 2.05) is 24.4 Å². The van der Waals surface area contributed by atoms with Crippen LogP contribution in [0.2, 0.25) is 0 Å². The highest BCUT2D eigenvalue weighted by Gasteiger charge is 2.16. The minimum absolute atomic E-state index is 0.180. The Morgan fingerprint density at radius 1 is 1.31 bits per heavy atom. The summed E-state index contributed by atoms with van der Waals surface area (Å²) in [6.45, 7) is 7.06. The van der Waals surface area contributed by atoms with Gasteiger partial charge in [0.05, 0.1) is 24.5 Å². The molecule has 3 aromatic rings. The number of ether oxygens (including phenoxy) is 1. The summed E-state index contributed by atoms with van der Waals surface area (Å²) >= 11 is 1.34. The van der Waals surface area contributed by atoms with Crippen molar-refractivity contribution in [2.24, 2.45) is 0 Å². The van der Waals surface area contributed by atoms with E-state index in [1.54, 1.807) is 30.5 Å². The average molecular weight is 408 g/mol. The lowest BCUT2D eigenvalue weighted by atomic mass is 10.2. The summed E-state index contributed by atoms with van der Waals surface area (Å²) in [7, 11) is 1.53. The van der Waals surface area contributed by atoms with Crippen molar-refractivity contribution in [3.63, 3.8) is 0 Å². The molecule has 3 heterocycles. The van der Waals surface area contributed by atoms with Crippen LogP contribution >= 0.6 is 11.3 Å². The minimum Gasteiger partial charge on any atom is -0.481 e. The Kier molecular flexibility index (Phi) is 6.04. The molecule has 148 valence electrons. The maximum atomic E-state index is 13.2. The fourth-order valence-corrected chi connectivity index (χ4v) is 3.49. The number of rotatable bonds is 6. The number of amides is 1. The fourth-order valence-electron chi connectivity index (χ4n) is 2.73. The molecule has 0 aliphatic carbocycles. The van der Waals surface area contributed by atoms with Crippen molar-refractivity contribution in [2.45, 2.75) is 13.8 Å². The van der Waals surface area contributed by atoms with Crippen molar-refractivity contribution in [3.05, 3.63) is 76.5 Å². The molecule has 0 aromatic carbocycles. The Morgan fingerprint density at radius 3 is 2.72 bits per heavy atom. The number of methoxy groups -OCH3 is 1. The number of hydrogen-bond acceptors (Lipinski definition) is 6. The van der Waals surface area contributed by atoms with Crippen molar-refractivity contribution >= 4 is 33.0 Å². The van der Waals surface area contributed by atoms with Gasteiger partial charge < -0.3 is 10.1 Å². The lowest BCUT2D eigenvalue weighted by Crippen LogP contribution is -2.23. The zero-order valence-electron chi connectivity index (χ0n) is 16.3. The number of hydrogen-bond donors (Lipinski definition) is 1. The zero-order valence-corrected chi connectivity index (χ0v) is 17.1. The second-order valence-electron chi connectivity index (χ2n) is 6.05. The topological polar surface area (TPSA) is 86.1 Å². The molecule has 0 bridgehead atoms. The van der Waals surface area contributed by atoms with Crippen LogP contribution < -0.4 is 15.6 Å². The van der Waals surface area contributed by atoms with Crippen molar-refractivity contribution in [1.82, 2.24) is 19.9 Å². The van der Waals surface area contributed by atoms with E-state index in [0.29, 0.717) is 38.9 Å². The van der Waals surface area contributed by atoms with E-state index in [1.165, 1.54) is 29.9 Å². The van der Waals surface area contributed by atoms with Gasteiger partial charge in [0, 0.05) is 24.3 Å². The molecule has 0 unspecified atom stereocenters. The number of nitrogens with zero attached hydrogens (tertiary/aromatic N) is 3. The number of allylic oxidation sites excluding steroid dienone is 4. The monoisotopic (exact) mass is 408 g/mol. The molecular formula is C21H20N4O3S. The maximum Gasteiger partial charge on any atom is 0.276 e. The van der Waals surface area contributed by atoms with Crippen molar-refractivity contribution in [3.8, 4) is 11.6 Å². The Morgan fingerprint density at radius 2 is 2.10 bits per heavy atom. The normalized spacial score (nSPS) is 11.8. The number of nitrogens with one attached hydrogen (secondary N) is 1. The van der Waals surface area contributed by atoms with Crippen LogP contribution in [0.4, 0.5) is 0 Å². The first kappa shape index (κ1) is 20.2. The van der Waals surface area contributed by atoms with Crippen molar-refractivity contribution < 1.29 is 9.53 Å². The third-order valence-corrected chi connectivity index (χ3v) is 4.93. The van der Waals surface area contributed by atoms with E-state index in [4.69, 9.17) is 9.72 Å². The lowest BCUT2D eigenvalue weighted by molar-refractivity contribution is -0.118. The minimum atomic E-state index is -0.208. The van der Waals surface area contributed by atoms with Gasteiger partial charge in [-0.05, 0) is 36.6 Å². The van der Waals surface area contributed by atoms with Crippen LogP contribution in [0, 0.1) is 0 Å². The molecule has 0 atom stereocenters.